The highest BCUT2D eigenvalue weighted by molar-refractivity contribution is 9.10. The summed E-state index contributed by atoms with van der Waals surface area (Å²) in [5.74, 6) is -0.477. The minimum atomic E-state index is -0.986. The Balaban J connectivity index is 2.61. The molecule has 2 heterocycles. The Morgan fingerprint density at radius 1 is 1.28 bits per heavy atom. The third-order valence-electron chi connectivity index (χ3n) is 5.17. The minimum Gasteiger partial charge on any atom is -0.618 e. The summed E-state index contributed by atoms with van der Waals surface area (Å²) in [5, 5.41) is 12.6. The van der Waals surface area contributed by atoms with Gasteiger partial charge in [-0.3, -0.25) is 0 Å². The van der Waals surface area contributed by atoms with E-state index < -0.39 is 17.7 Å². The number of esters is 1. The van der Waals surface area contributed by atoms with Crippen molar-refractivity contribution in [1.29, 1.82) is 0 Å². The molecule has 1 saturated heterocycles. The number of carbonyl (C=O) groups is 1. The molecule has 1 atom stereocenters. The maximum Gasteiger partial charge on any atom is 0.340 e. The van der Waals surface area contributed by atoms with E-state index in [9.17, 15) is 10.0 Å². The maximum absolute atomic E-state index is 13.1. The molecule has 0 bridgehead atoms. The monoisotopic (exact) mass is 470 g/mol. The van der Waals surface area contributed by atoms with Gasteiger partial charge in [0.05, 0.1) is 23.0 Å². The van der Waals surface area contributed by atoms with E-state index in [1.807, 2.05) is 20.8 Å². The second-order valence-electron chi connectivity index (χ2n) is 9.90. The molecule has 7 heteroatoms. The summed E-state index contributed by atoms with van der Waals surface area (Å²) in [4.78, 5) is 15.3. The predicted octanol–water partition coefficient (Wildman–Crippen LogP) is 4.83. The highest BCUT2D eigenvalue weighted by Gasteiger charge is 2.38. The first-order valence-corrected chi connectivity index (χ1v) is 11.1. The van der Waals surface area contributed by atoms with Gasteiger partial charge in [0.2, 0.25) is 0 Å². The number of ether oxygens (including phenoxy) is 2. The summed E-state index contributed by atoms with van der Waals surface area (Å²) in [6.07, 6.45) is 2.31. The maximum atomic E-state index is 13.1. The molecular formula is C22H35BrN2O4. The van der Waals surface area contributed by atoms with Crippen LogP contribution in [-0.2, 0) is 14.3 Å². The highest BCUT2D eigenvalue weighted by atomic mass is 79.9. The zero-order valence-corrected chi connectivity index (χ0v) is 20.6. The number of carbonyl (C=O) groups excluding carboxylic acids is 1. The van der Waals surface area contributed by atoms with Crippen LogP contribution in [0.2, 0.25) is 0 Å². The topological polar surface area (TPSA) is 65.7 Å². The van der Waals surface area contributed by atoms with E-state index in [1.165, 1.54) is 6.20 Å². The molecule has 0 saturated carbocycles. The van der Waals surface area contributed by atoms with Gasteiger partial charge >= 0.3 is 5.97 Å². The molecule has 6 nitrogen and oxygen atoms in total. The van der Waals surface area contributed by atoms with Crippen molar-refractivity contribution >= 4 is 27.6 Å². The Bertz CT molecular complexity index is 746. The molecule has 1 aromatic rings. The van der Waals surface area contributed by atoms with Crippen molar-refractivity contribution in [2.45, 2.75) is 86.0 Å². The largest absolute Gasteiger partial charge is 0.618 e. The lowest BCUT2D eigenvalue weighted by molar-refractivity contribution is -0.613. The first-order chi connectivity index (χ1) is 13.2. The standard InChI is InChI=1S/C22H35BrN2O4/c1-14(2)28-20(26)19(29-21(4,5)6)17-15(3)25(27)13-16(23)18(17)24-11-9-22(7,8)10-12-24/h13-14,19H,9-12H2,1-8H3/t19-/m0/s1. The zero-order valence-electron chi connectivity index (χ0n) is 19.0. The summed E-state index contributed by atoms with van der Waals surface area (Å²) in [6.45, 7) is 17.3. The van der Waals surface area contributed by atoms with Crippen LogP contribution in [0, 0.1) is 17.5 Å². The number of pyridine rings is 1. The van der Waals surface area contributed by atoms with E-state index in [0.29, 0.717) is 15.7 Å². The summed E-state index contributed by atoms with van der Waals surface area (Å²) < 4.78 is 13.1. The number of rotatable bonds is 5. The Labute approximate surface area is 183 Å². The summed E-state index contributed by atoms with van der Waals surface area (Å²) in [6, 6.07) is 0. The fourth-order valence-electron chi connectivity index (χ4n) is 3.52. The van der Waals surface area contributed by atoms with Gasteiger partial charge in [0.15, 0.2) is 18.0 Å². The molecule has 1 fully saturated rings. The number of piperidine rings is 1. The first kappa shape index (κ1) is 23.9. The first-order valence-electron chi connectivity index (χ1n) is 10.3. The predicted molar refractivity (Wildman–Crippen MR) is 118 cm³/mol. The van der Waals surface area contributed by atoms with Gasteiger partial charge in [0.25, 0.3) is 0 Å². The number of hydrogen-bond acceptors (Lipinski definition) is 5. The van der Waals surface area contributed by atoms with Crippen LogP contribution >= 0.6 is 15.9 Å². The molecule has 1 aromatic heterocycles. The lowest BCUT2D eigenvalue weighted by atomic mass is 9.82. The molecule has 0 aliphatic carbocycles. The average Bonchev–Trinajstić information content (AvgIpc) is 2.55. The molecule has 1 aliphatic rings. The van der Waals surface area contributed by atoms with Gasteiger partial charge < -0.3 is 19.6 Å². The quantitative estimate of drug-likeness (QED) is 0.350. The number of halogens is 1. The van der Waals surface area contributed by atoms with Gasteiger partial charge in [-0.2, -0.15) is 4.73 Å². The van der Waals surface area contributed by atoms with Crippen LogP contribution in [-0.4, -0.2) is 30.8 Å². The van der Waals surface area contributed by atoms with Crippen molar-refractivity contribution in [3.8, 4) is 0 Å². The Morgan fingerprint density at radius 2 is 1.83 bits per heavy atom. The smallest absolute Gasteiger partial charge is 0.340 e. The van der Waals surface area contributed by atoms with Gasteiger partial charge in [-0.15, -0.1) is 0 Å². The average molecular weight is 471 g/mol. The van der Waals surface area contributed by atoms with Crippen molar-refractivity contribution in [1.82, 2.24) is 0 Å². The molecule has 0 N–H and O–H groups in total. The molecule has 0 radical (unpaired) electrons. The van der Waals surface area contributed by atoms with E-state index in [-0.39, 0.29) is 11.5 Å². The molecule has 0 spiro atoms. The molecule has 164 valence electrons. The van der Waals surface area contributed by atoms with Crippen molar-refractivity contribution < 1.29 is 19.0 Å². The number of anilines is 1. The van der Waals surface area contributed by atoms with Gasteiger partial charge in [0.1, 0.15) is 4.47 Å². The van der Waals surface area contributed by atoms with Gasteiger partial charge in [-0.05, 0) is 68.8 Å². The van der Waals surface area contributed by atoms with Crippen LogP contribution in [0.1, 0.15) is 78.7 Å². The number of aromatic nitrogens is 1. The van der Waals surface area contributed by atoms with Crippen LogP contribution in [0.25, 0.3) is 0 Å². The van der Waals surface area contributed by atoms with E-state index in [2.05, 4.69) is 34.7 Å². The van der Waals surface area contributed by atoms with Crippen molar-refractivity contribution in [2.24, 2.45) is 5.41 Å². The molecule has 0 aromatic carbocycles. The molecule has 0 amide bonds. The zero-order chi connectivity index (χ0) is 22.1. The number of hydrogen-bond donors (Lipinski definition) is 0. The van der Waals surface area contributed by atoms with Gasteiger partial charge in [0, 0.05) is 20.0 Å². The molecule has 1 aliphatic heterocycles. The van der Waals surface area contributed by atoms with E-state index in [0.717, 1.165) is 36.3 Å². The normalized spacial score (nSPS) is 18.1. The van der Waals surface area contributed by atoms with E-state index in [1.54, 1.807) is 20.8 Å². The third-order valence-corrected chi connectivity index (χ3v) is 5.75. The molecule has 2 rings (SSSR count). The fraction of sp³-hybridized carbons (Fsp3) is 0.727. The summed E-state index contributed by atoms with van der Waals surface area (Å²) in [5.41, 5.74) is 1.56. The van der Waals surface area contributed by atoms with Crippen molar-refractivity contribution in [3.05, 3.63) is 27.1 Å². The third kappa shape index (κ3) is 6.07. The number of nitrogens with zero attached hydrogens (tertiary/aromatic N) is 2. The second kappa shape index (κ2) is 8.80. The van der Waals surface area contributed by atoms with Gasteiger partial charge in [-0.1, -0.05) is 13.8 Å². The van der Waals surface area contributed by atoms with Crippen LogP contribution in [0.4, 0.5) is 5.69 Å². The Hall–Kier alpha value is -1.34. The molecule has 29 heavy (non-hydrogen) atoms. The van der Waals surface area contributed by atoms with Crippen LogP contribution in [0.5, 0.6) is 0 Å². The summed E-state index contributed by atoms with van der Waals surface area (Å²) >= 11 is 3.57. The Kier molecular flexibility index (Phi) is 7.26. The van der Waals surface area contributed by atoms with E-state index >= 15 is 0 Å². The van der Waals surface area contributed by atoms with Crippen LogP contribution in [0.3, 0.4) is 0 Å². The lowest BCUT2D eigenvalue weighted by Crippen LogP contribution is -2.42. The molecule has 0 unspecified atom stereocenters. The van der Waals surface area contributed by atoms with Crippen LogP contribution < -0.4 is 9.63 Å². The fourth-order valence-corrected chi connectivity index (χ4v) is 4.17. The van der Waals surface area contributed by atoms with Crippen molar-refractivity contribution in [2.75, 3.05) is 18.0 Å². The minimum absolute atomic E-state index is 0.278. The van der Waals surface area contributed by atoms with Gasteiger partial charge in [-0.25, -0.2) is 4.79 Å². The highest BCUT2D eigenvalue weighted by Crippen LogP contribution is 2.41. The van der Waals surface area contributed by atoms with Crippen LogP contribution in [0.15, 0.2) is 10.7 Å². The molecular weight excluding hydrogens is 436 g/mol. The second-order valence-corrected chi connectivity index (χ2v) is 10.8. The van der Waals surface area contributed by atoms with Crippen molar-refractivity contribution in [3.63, 3.8) is 0 Å². The summed E-state index contributed by atoms with van der Waals surface area (Å²) in [7, 11) is 0. The lowest BCUT2D eigenvalue weighted by Gasteiger charge is -2.40. The Morgan fingerprint density at radius 3 is 2.31 bits per heavy atom. The van der Waals surface area contributed by atoms with E-state index in [4.69, 9.17) is 9.47 Å². The SMILES string of the molecule is Cc1c([C@H](OC(C)(C)C)C(=O)OC(C)C)c(N2CCC(C)(C)CC2)c(Br)c[n+]1[O-].